The second-order valence-corrected chi connectivity index (χ2v) is 10.5. The first kappa shape index (κ1) is 31.9. The van der Waals surface area contributed by atoms with Crippen molar-refractivity contribution in [2.75, 3.05) is 23.0 Å². The molecular weight excluding hydrogens is 593 g/mol. The summed E-state index contributed by atoms with van der Waals surface area (Å²) >= 11 is 0.997. The van der Waals surface area contributed by atoms with Gasteiger partial charge in [-0.25, -0.2) is 4.79 Å². The molecule has 0 radical (unpaired) electrons. The van der Waals surface area contributed by atoms with Crippen LogP contribution in [0.4, 0.5) is 24.5 Å². The van der Waals surface area contributed by atoms with Crippen LogP contribution in [0.3, 0.4) is 0 Å². The van der Waals surface area contributed by atoms with Crippen LogP contribution in [0, 0.1) is 11.3 Å². The van der Waals surface area contributed by atoms with E-state index in [4.69, 9.17) is 4.74 Å². The van der Waals surface area contributed by atoms with Crippen molar-refractivity contribution in [3.63, 3.8) is 0 Å². The fourth-order valence-electron chi connectivity index (χ4n) is 4.52. The van der Waals surface area contributed by atoms with Crippen molar-refractivity contribution in [1.82, 2.24) is 5.32 Å². The number of allylic oxidation sites excluding steroid dienone is 2. The van der Waals surface area contributed by atoms with Crippen LogP contribution in [0.25, 0.3) is 0 Å². The number of anilines is 2. The minimum atomic E-state index is -4.56. The monoisotopic (exact) mass is 620 g/mol. The molecule has 0 fully saturated rings. The second kappa shape index (κ2) is 14.0. The summed E-state index contributed by atoms with van der Waals surface area (Å²) in [6.45, 7) is 3.60. The number of alkyl halides is 3. The number of ether oxygens (including phenoxy) is 1. The van der Waals surface area contributed by atoms with Crippen LogP contribution >= 0.6 is 11.8 Å². The Balaban J connectivity index is 1.56. The zero-order valence-corrected chi connectivity index (χ0v) is 24.4. The molecule has 3 aromatic rings. The summed E-state index contributed by atoms with van der Waals surface area (Å²) in [6.07, 6.45) is -4.56. The molecule has 1 aliphatic heterocycles. The lowest BCUT2D eigenvalue weighted by atomic mass is 9.82. The van der Waals surface area contributed by atoms with Gasteiger partial charge in [0.15, 0.2) is 0 Å². The molecule has 0 bridgehead atoms. The fourth-order valence-corrected chi connectivity index (χ4v) is 5.41. The van der Waals surface area contributed by atoms with Crippen LogP contribution in [0.2, 0.25) is 0 Å². The number of nitrogens with one attached hydrogen (secondary N) is 3. The zero-order valence-electron chi connectivity index (χ0n) is 23.6. The number of carbonyl (C=O) groups excluding carboxylic acids is 3. The predicted octanol–water partition coefficient (Wildman–Crippen LogP) is 6.59. The molecule has 44 heavy (non-hydrogen) atoms. The Hall–Kier alpha value is -5.02. The third-order valence-electron chi connectivity index (χ3n) is 6.50. The number of hydrogen-bond acceptors (Lipinski definition) is 7. The Labute approximate surface area is 256 Å². The lowest BCUT2D eigenvalue weighted by Gasteiger charge is -2.30. The maximum atomic E-state index is 13.6. The highest BCUT2D eigenvalue weighted by molar-refractivity contribution is 8.03. The minimum Gasteiger partial charge on any atom is -0.462 e. The number of hydrogen-bond donors (Lipinski definition) is 3. The first-order chi connectivity index (χ1) is 21.0. The number of dihydropyridines is 1. The molecule has 3 aromatic carbocycles. The van der Waals surface area contributed by atoms with Crippen LogP contribution in [0.1, 0.15) is 41.3 Å². The van der Waals surface area contributed by atoms with Crippen molar-refractivity contribution in [2.24, 2.45) is 0 Å². The van der Waals surface area contributed by atoms with Gasteiger partial charge in [-0.1, -0.05) is 48.2 Å². The quantitative estimate of drug-likeness (QED) is 0.231. The molecule has 2 amide bonds. The molecule has 12 heteroatoms. The number of carbonyl (C=O) groups is 3. The van der Waals surface area contributed by atoms with Crippen molar-refractivity contribution < 1.29 is 32.3 Å². The zero-order chi connectivity index (χ0) is 31.9. The normalized spacial score (nSPS) is 14.8. The molecule has 3 N–H and O–H groups in total. The molecule has 0 aromatic heterocycles. The Morgan fingerprint density at radius 3 is 2.32 bits per heavy atom. The number of benzene rings is 3. The van der Waals surface area contributed by atoms with E-state index >= 15 is 0 Å². The number of amides is 2. The first-order valence-corrected chi connectivity index (χ1v) is 14.4. The molecule has 0 saturated heterocycles. The van der Waals surface area contributed by atoms with Gasteiger partial charge in [0.2, 0.25) is 5.91 Å². The van der Waals surface area contributed by atoms with Crippen LogP contribution in [0.5, 0.6) is 0 Å². The summed E-state index contributed by atoms with van der Waals surface area (Å²) in [5.41, 5.74) is 1.43. The number of halogens is 3. The lowest BCUT2D eigenvalue weighted by Crippen LogP contribution is -2.31. The highest BCUT2D eigenvalue weighted by Gasteiger charge is 2.35. The van der Waals surface area contributed by atoms with Crippen LogP contribution in [-0.2, 0) is 20.5 Å². The number of nitriles is 1. The molecular formula is C32H27F3N4O4S. The number of nitrogens with zero attached hydrogens (tertiary/aromatic N) is 1. The molecule has 226 valence electrons. The predicted molar refractivity (Wildman–Crippen MR) is 161 cm³/mol. The van der Waals surface area contributed by atoms with E-state index in [0.29, 0.717) is 27.5 Å². The number of thioether (sulfide) groups is 1. The number of rotatable bonds is 9. The van der Waals surface area contributed by atoms with E-state index in [1.807, 2.05) is 0 Å². The van der Waals surface area contributed by atoms with E-state index in [1.54, 1.807) is 56.3 Å². The Bertz CT molecular complexity index is 1660. The van der Waals surface area contributed by atoms with Gasteiger partial charge < -0.3 is 20.7 Å². The van der Waals surface area contributed by atoms with Gasteiger partial charge in [-0.3, -0.25) is 9.59 Å². The summed E-state index contributed by atoms with van der Waals surface area (Å²) in [6, 6.07) is 21.6. The van der Waals surface area contributed by atoms with E-state index < -0.39 is 35.4 Å². The molecule has 0 spiro atoms. The summed E-state index contributed by atoms with van der Waals surface area (Å²) < 4.78 is 44.2. The van der Waals surface area contributed by atoms with Gasteiger partial charge in [0.25, 0.3) is 5.91 Å². The number of esters is 1. The fraction of sp³-hybridized carbons (Fsp3) is 0.188. The Kier molecular flexibility index (Phi) is 10.1. The molecule has 1 aliphatic rings. The van der Waals surface area contributed by atoms with E-state index in [0.717, 1.165) is 23.9 Å². The van der Waals surface area contributed by atoms with Gasteiger partial charge in [0, 0.05) is 22.6 Å². The van der Waals surface area contributed by atoms with Crippen molar-refractivity contribution in [3.8, 4) is 6.07 Å². The SMILES string of the molecule is CCOC(=O)c1ccc(NC(=O)C2=C(C)NC(SCC(=O)Nc3cccc(C(F)(F)F)c3)=C(C#N)[C@@H]2c2ccccc2)cc1. The van der Waals surface area contributed by atoms with Gasteiger partial charge in [-0.15, -0.1) is 0 Å². The molecule has 4 rings (SSSR count). The van der Waals surface area contributed by atoms with E-state index in [9.17, 15) is 32.8 Å². The van der Waals surface area contributed by atoms with Gasteiger partial charge in [0.1, 0.15) is 0 Å². The molecule has 0 aliphatic carbocycles. The summed E-state index contributed by atoms with van der Waals surface area (Å²) in [5.74, 6) is -2.54. The summed E-state index contributed by atoms with van der Waals surface area (Å²) in [4.78, 5) is 38.3. The third kappa shape index (κ3) is 7.67. The average molecular weight is 621 g/mol. The van der Waals surface area contributed by atoms with E-state index in [-0.39, 0.29) is 29.2 Å². The average Bonchev–Trinajstić information content (AvgIpc) is 3.00. The smallest absolute Gasteiger partial charge is 0.416 e. The van der Waals surface area contributed by atoms with E-state index in [2.05, 4.69) is 22.0 Å². The maximum absolute atomic E-state index is 13.6. The van der Waals surface area contributed by atoms with Crippen molar-refractivity contribution >= 4 is 40.9 Å². The van der Waals surface area contributed by atoms with Crippen molar-refractivity contribution in [2.45, 2.75) is 25.9 Å². The van der Waals surface area contributed by atoms with Crippen molar-refractivity contribution in [1.29, 1.82) is 5.26 Å². The first-order valence-electron chi connectivity index (χ1n) is 13.4. The van der Waals surface area contributed by atoms with Crippen molar-refractivity contribution in [3.05, 3.63) is 117 Å². The highest BCUT2D eigenvalue weighted by Crippen LogP contribution is 2.41. The molecule has 1 heterocycles. The molecule has 1 atom stereocenters. The largest absolute Gasteiger partial charge is 0.462 e. The topological polar surface area (TPSA) is 120 Å². The van der Waals surface area contributed by atoms with Gasteiger partial charge in [-0.05, 0) is 61.9 Å². The lowest BCUT2D eigenvalue weighted by molar-refractivity contribution is -0.137. The van der Waals surface area contributed by atoms with Gasteiger partial charge >= 0.3 is 12.1 Å². The van der Waals surface area contributed by atoms with E-state index in [1.165, 1.54) is 24.3 Å². The Morgan fingerprint density at radius 2 is 1.68 bits per heavy atom. The molecule has 8 nitrogen and oxygen atoms in total. The van der Waals surface area contributed by atoms with Crippen LogP contribution < -0.4 is 16.0 Å². The second-order valence-electron chi connectivity index (χ2n) is 9.53. The summed E-state index contributed by atoms with van der Waals surface area (Å²) in [5, 5.41) is 18.9. The third-order valence-corrected chi connectivity index (χ3v) is 7.52. The highest BCUT2D eigenvalue weighted by atomic mass is 32.2. The maximum Gasteiger partial charge on any atom is 0.416 e. The molecule has 0 unspecified atom stereocenters. The standard InChI is InChI=1S/C32H27F3N4O4S/c1-3-43-31(42)21-12-14-23(15-13-21)39-29(41)27-19(2)37-30(25(17-36)28(27)20-8-5-4-6-9-20)44-18-26(40)38-24-11-7-10-22(16-24)32(33,34)35/h4-16,28,37H,3,18H2,1-2H3,(H,38,40)(H,39,41)/t28-/m0/s1. The molecule has 0 saturated carbocycles. The van der Waals surface area contributed by atoms with Crippen LogP contribution in [-0.4, -0.2) is 30.1 Å². The van der Waals surface area contributed by atoms with Gasteiger partial charge in [0.05, 0.1) is 46.1 Å². The Morgan fingerprint density at radius 1 is 0.977 bits per heavy atom. The van der Waals surface area contributed by atoms with Crippen LogP contribution in [0.15, 0.2) is 101 Å². The van der Waals surface area contributed by atoms with Gasteiger partial charge in [-0.2, -0.15) is 18.4 Å². The summed E-state index contributed by atoms with van der Waals surface area (Å²) in [7, 11) is 0. The minimum absolute atomic E-state index is 0.0102.